The van der Waals surface area contributed by atoms with Crippen LogP contribution in [-0.4, -0.2) is 34.4 Å². The summed E-state index contributed by atoms with van der Waals surface area (Å²) in [6.07, 6.45) is 4.49. The van der Waals surface area contributed by atoms with Gasteiger partial charge in [0.05, 0.1) is 12.2 Å². The Labute approximate surface area is 123 Å². The average Bonchev–Trinajstić information content (AvgIpc) is 3.23. The molecule has 0 aromatic carbocycles. The third-order valence-electron chi connectivity index (χ3n) is 3.77. The number of hydrogen-bond acceptors (Lipinski definition) is 4. The van der Waals surface area contributed by atoms with Gasteiger partial charge in [0.15, 0.2) is 5.82 Å². The lowest BCUT2D eigenvalue weighted by molar-refractivity contribution is -0.116. The molecule has 0 aliphatic heterocycles. The van der Waals surface area contributed by atoms with E-state index in [1.165, 1.54) is 12.8 Å². The molecule has 1 saturated carbocycles. The van der Waals surface area contributed by atoms with Crippen molar-refractivity contribution >= 4 is 17.4 Å². The molecule has 0 saturated heterocycles. The van der Waals surface area contributed by atoms with Gasteiger partial charge < -0.3 is 20.4 Å². The maximum Gasteiger partial charge on any atom is 0.236 e. The average molecular weight is 287 g/mol. The van der Waals surface area contributed by atoms with Crippen LogP contribution in [0.2, 0.25) is 0 Å². The number of fused-ring (bicyclic) bond motifs is 1. The maximum atomic E-state index is 11.3. The molecule has 0 atom stereocenters. The second-order valence-electron chi connectivity index (χ2n) is 5.45. The number of nitrogens with one attached hydrogen (secondary N) is 1. The molecule has 6 nitrogen and oxygen atoms in total. The highest BCUT2D eigenvalue weighted by molar-refractivity contribution is 5.79. The van der Waals surface area contributed by atoms with Crippen molar-refractivity contribution in [2.75, 3.05) is 18.0 Å². The van der Waals surface area contributed by atoms with Crippen LogP contribution in [0.3, 0.4) is 0 Å². The summed E-state index contributed by atoms with van der Waals surface area (Å²) in [7, 11) is 0. The molecule has 2 aromatic heterocycles. The SMILES string of the molecule is CCN(CC(N)=O)c1nc2ccccn2c1CNC1CC1. The number of pyridine rings is 1. The van der Waals surface area contributed by atoms with Crippen molar-refractivity contribution in [1.29, 1.82) is 0 Å². The van der Waals surface area contributed by atoms with E-state index in [0.29, 0.717) is 12.6 Å². The summed E-state index contributed by atoms with van der Waals surface area (Å²) in [5.74, 6) is 0.505. The topological polar surface area (TPSA) is 75.7 Å². The molecule has 3 rings (SSSR count). The van der Waals surface area contributed by atoms with Crippen molar-refractivity contribution in [2.45, 2.75) is 32.4 Å². The van der Waals surface area contributed by atoms with Crippen LogP contribution in [0.4, 0.5) is 5.82 Å². The van der Waals surface area contributed by atoms with Gasteiger partial charge in [0.25, 0.3) is 0 Å². The molecule has 2 heterocycles. The van der Waals surface area contributed by atoms with Crippen molar-refractivity contribution in [3.8, 4) is 0 Å². The number of carbonyl (C=O) groups is 1. The largest absolute Gasteiger partial charge is 0.368 e. The lowest BCUT2D eigenvalue weighted by Gasteiger charge is -2.20. The van der Waals surface area contributed by atoms with Crippen LogP contribution in [0.15, 0.2) is 24.4 Å². The monoisotopic (exact) mass is 287 g/mol. The number of imidazole rings is 1. The smallest absolute Gasteiger partial charge is 0.236 e. The first kappa shape index (κ1) is 13.9. The third-order valence-corrected chi connectivity index (χ3v) is 3.77. The van der Waals surface area contributed by atoms with Gasteiger partial charge in [-0.2, -0.15) is 0 Å². The van der Waals surface area contributed by atoms with E-state index < -0.39 is 0 Å². The highest BCUT2D eigenvalue weighted by Crippen LogP contribution is 2.24. The summed E-state index contributed by atoms with van der Waals surface area (Å²) in [4.78, 5) is 17.9. The Hall–Kier alpha value is -2.08. The molecular weight excluding hydrogens is 266 g/mol. The fourth-order valence-electron chi connectivity index (χ4n) is 2.50. The fourth-order valence-corrected chi connectivity index (χ4v) is 2.50. The van der Waals surface area contributed by atoms with E-state index in [1.807, 2.05) is 36.2 Å². The fraction of sp³-hybridized carbons (Fsp3) is 0.467. The summed E-state index contributed by atoms with van der Waals surface area (Å²) >= 11 is 0. The van der Waals surface area contributed by atoms with Crippen LogP contribution in [0.5, 0.6) is 0 Å². The molecular formula is C15H21N5O. The summed E-state index contributed by atoms with van der Waals surface area (Å²) in [6.45, 7) is 3.64. The Balaban J connectivity index is 1.97. The van der Waals surface area contributed by atoms with Crippen molar-refractivity contribution in [2.24, 2.45) is 5.73 Å². The first-order chi connectivity index (χ1) is 10.2. The van der Waals surface area contributed by atoms with Crippen LogP contribution in [0.25, 0.3) is 5.65 Å². The minimum absolute atomic E-state index is 0.191. The number of nitrogens with two attached hydrogens (primary N) is 1. The molecule has 112 valence electrons. The normalized spacial score (nSPS) is 14.5. The van der Waals surface area contributed by atoms with Gasteiger partial charge >= 0.3 is 0 Å². The zero-order valence-electron chi connectivity index (χ0n) is 12.2. The summed E-state index contributed by atoms with van der Waals surface area (Å²) in [5, 5.41) is 3.52. The minimum atomic E-state index is -0.338. The highest BCUT2D eigenvalue weighted by Gasteiger charge is 2.23. The second kappa shape index (κ2) is 5.73. The van der Waals surface area contributed by atoms with Crippen molar-refractivity contribution in [3.05, 3.63) is 30.1 Å². The van der Waals surface area contributed by atoms with Crippen molar-refractivity contribution in [1.82, 2.24) is 14.7 Å². The van der Waals surface area contributed by atoms with E-state index >= 15 is 0 Å². The van der Waals surface area contributed by atoms with E-state index in [2.05, 4.69) is 14.7 Å². The van der Waals surface area contributed by atoms with E-state index in [0.717, 1.165) is 23.7 Å². The van der Waals surface area contributed by atoms with E-state index in [9.17, 15) is 4.79 Å². The lowest BCUT2D eigenvalue weighted by Crippen LogP contribution is -2.35. The van der Waals surface area contributed by atoms with Gasteiger partial charge in [-0.25, -0.2) is 4.98 Å². The Morgan fingerprint density at radius 3 is 3.00 bits per heavy atom. The van der Waals surface area contributed by atoms with Crippen LogP contribution in [0, 0.1) is 0 Å². The summed E-state index contributed by atoms with van der Waals surface area (Å²) < 4.78 is 2.08. The summed E-state index contributed by atoms with van der Waals surface area (Å²) in [5.41, 5.74) is 7.33. The van der Waals surface area contributed by atoms with Crippen molar-refractivity contribution in [3.63, 3.8) is 0 Å². The number of rotatable bonds is 7. The van der Waals surface area contributed by atoms with Crippen LogP contribution in [-0.2, 0) is 11.3 Å². The molecule has 1 aliphatic rings. The molecule has 1 fully saturated rings. The minimum Gasteiger partial charge on any atom is -0.368 e. The van der Waals surface area contributed by atoms with Gasteiger partial charge in [0.2, 0.25) is 5.91 Å². The molecule has 21 heavy (non-hydrogen) atoms. The Bertz CT molecular complexity index is 647. The molecule has 0 unspecified atom stereocenters. The molecule has 2 aromatic rings. The quantitative estimate of drug-likeness (QED) is 0.793. The Morgan fingerprint density at radius 1 is 1.52 bits per heavy atom. The molecule has 0 bridgehead atoms. The second-order valence-corrected chi connectivity index (χ2v) is 5.45. The number of nitrogens with zero attached hydrogens (tertiary/aromatic N) is 3. The van der Waals surface area contributed by atoms with E-state index in [4.69, 9.17) is 5.73 Å². The molecule has 0 radical (unpaired) electrons. The molecule has 1 aliphatic carbocycles. The number of carbonyl (C=O) groups excluding carboxylic acids is 1. The first-order valence-electron chi connectivity index (χ1n) is 7.41. The van der Waals surface area contributed by atoms with Gasteiger partial charge in [-0.05, 0) is 31.9 Å². The molecule has 1 amide bonds. The van der Waals surface area contributed by atoms with Crippen LogP contribution >= 0.6 is 0 Å². The van der Waals surface area contributed by atoms with E-state index in [-0.39, 0.29) is 12.5 Å². The van der Waals surface area contributed by atoms with Crippen LogP contribution in [0.1, 0.15) is 25.5 Å². The van der Waals surface area contributed by atoms with Gasteiger partial charge in [-0.3, -0.25) is 4.79 Å². The number of primary amides is 1. The highest BCUT2D eigenvalue weighted by atomic mass is 16.1. The van der Waals surface area contributed by atoms with Gasteiger partial charge in [-0.1, -0.05) is 6.07 Å². The molecule has 3 N–H and O–H groups in total. The van der Waals surface area contributed by atoms with Gasteiger partial charge in [0, 0.05) is 25.3 Å². The number of hydrogen-bond donors (Lipinski definition) is 2. The first-order valence-corrected chi connectivity index (χ1v) is 7.41. The zero-order chi connectivity index (χ0) is 14.8. The molecule has 0 spiro atoms. The standard InChI is InChI=1S/C15H21N5O/c1-2-19(10-13(16)21)15-12(9-17-11-6-7-11)20-8-4-3-5-14(20)18-15/h3-5,8,11,17H,2,6-7,9-10H2,1H3,(H2,16,21). The van der Waals surface area contributed by atoms with Crippen molar-refractivity contribution < 1.29 is 4.79 Å². The van der Waals surface area contributed by atoms with Gasteiger partial charge in [0.1, 0.15) is 5.65 Å². The van der Waals surface area contributed by atoms with Gasteiger partial charge in [-0.15, -0.1) is 0 Å². The predicted octanol–water partition coefficient (Wildman–Crippen LogP) is 0.898. The Morgan fingerprint density at radius 2 is 2.33 bits per heavy atom. The summed E-state index contributed by atoms with van der Waals surface area (Å²) in [6, 6.07) is 6.55. The predicted molar refractivity (Wildman–Crippen MR) is 82.1 cm³/mol. The molecule has 6 heteroatoms. The van der Waals surface area contributed by atoms with E-state index in [1.54, 1.807) is 0 Å². The lowest BCUT2D eigenvalue weighted by atomic mass is 10.3. The number of amides is 1. The number of likely N-dealkylation sites (N-methyl/N-ethyl adjacent to an activating group) is 1. The Kier molecular flexibility index (Phi) is 3.79. The maximum absolute atomic E-state index is 11.3. The third kappa shape index (κ3) is 3.00. The number of anilines is 1. The number of aromatic nitrogens is 2. The zero-order valence-corrected chi connectivity index (χ0v) is 12.2. The van der Waals surface area contributed by atoms with Crippen LogP contribution < -0.4 is 16.0 Å².